The van der Waals surface area contributed by atoms with Crippen molar-refractivity contribution < 1.29 is 22.7 Å². The van der Waals surface area contributed by atoms with E-state index in [1.807, 2.05) is 31.2 Å². The molecule has 0 aliphatic carbocycles. The van der Waals surface area contributed by atoms with Gasteiger partial charge in [-0.3, -0.25) is 4.79 Å². The van der Waals surface area contributed by atoms with Crippen LogP contribution in [0.25, 0.3) is 0 Å². The van der Waals surface area contributed by atoms with Crippen molar-refractivity contribution in [3.63, 3.8) is 0 Å². The molecule has 2 aliphatic rings. The summed E-state index contributed by atoms with van der Waals surface area (Å²) < 4.78 is 39.0. The zero-order valence-corrected chi connectivity index (χ0v) is 19.3. The number of amides is 1. The van der Waals surface area contributed by atoms with Crippen LogP contribution in [0.1, 0.15) is 15.9 Å². The number of nitrogens with zero attached hydrogens (tertiary/aromatic N) is 3. The van der Waals surface area contributed by atoms with E-state index >= 15 is 0 Å². The number of hydrogen-bond acceptors (Lipinski definition) is 6. The lowest BCUT2D eigenvalue weighted by molar-refractivity contribution is 0.0302. The summed E-state index contributed by atoms with van der Waals surface area (Å²) >= 11 is 0. The largest absolute Gasteiger partial charge is 0.495 e. The molecule has 0 aromatic heterocycles. The minimum Gasteiger partial charge on any atom is -0.495 e. The van der Waals surface area contributed by atoms with Gasteiger partial charge in [0.15, 0.2) is 0 Å². The van der Waals surface area contributed by atoms with Crippen molar-refractivity contribution in [1.29, 1.82) is 0 Å². The molecule has 2 fully saturated rings. The first-order valence-corrected chi connectivity index (χ1v) is 12.2. The molecule has 8 nitrogen and oxygen atoms in total. The maximum atomic E-state index is 13.4. The van der Waals surface area contributed by atoms with Crippen molar-refractivity contribution in [1.82, 2.24) is 9.21 Å². The van der Waals surface area contributed by atoms with Crippen molar-refractivity contribution in [2.45, 2.75) is 11.8 Å². The average molecular weight is 460 g/mol. The van der Waals surface area contributed by atoms with Crippen LogP contribution in [-0.4, -0.2) is 83.1 Å². The molecule has 2 aromatic rings. The number of methoxy groups -OCH3 is 1. The standard InChI is InChI=1S/C23H29N3O5S/c1-18-7-8-19(17-20(18)23(27)25-13-15-31-16-14-25)32(28,29)26-11-9-24(10-12-26)21-5-3-4-6-22(21)30-2/h3-8,17H,9-16H2,1-2H3. The van der Waals surface area contributed by atoms with Gasteiger partial charge < -0.3 is 19.3 Å². The number of benzene rings is 2. The Bertz CT molecular complexity index is 1070. The highest BCUT2D eigenvalue weighted by Crippen LogP contribution is 2.29. The van der Waals surface area contributed by atoms with Gasteiger partial charge >= 0.3 is 0 Å². The third-order valence-electron chi connectivity index (χ3n) is 6.04. The number of sulfonamides is 1. The van der Waals surface area contributed by atoms with Crippen molar-refractivity contribution in [3.8, 4) is 5.75 Å². The third kappa shape index (κ3) is 4.46. The molecule has 2 aromatic carbocycles. The molecule has 0 atom stereocenters. The van der Waals surface area contributed by atoms with Crippen molar-refractivity contribution in [2.24, 2.45) is 0 Å². The van der Waals surface area contributed by atoms with Gasteiger partial charge in [0.25, 0.3) is 5.91 Å². The molecule has 172 valence electrons. The first kappa shape index (κ1) is 22.6. The molecule has 2 saturated heterocycles. The molecule has 0 unspecified atom stereocenters. The normalized spacial score (nSPS) is 17.9. The molecule has 0 saturated carbocycles. The molecule has 0 bridgehead atoms. The molecular formula is C23H29N3O5S. The van der Waals surface area contributed by atoms with Crippen LogP contribution >= 0.6 is 0 Å². The molecule has 0 spiro atoms. The predicted octanol–water partition coefficient (Wildman–Crippen LogP) is 1.99. The molecule has 4 rings (SSSR count). The van der Waals surface area contributed by atoms with E-state index < -0.39 is 10.0 Å². The lowest BCUT2D eigenvalue weighted by atomic mass is 10.1. The summed E-state index contributed by atoms with van der Waals surface area (Å²) in [5.74, 6) is 0.623. The second-order valence-electron chi connectivity index (χ2n) is 7.94. The fourth-order valence-corrected chi connectivity index (χ4v) is 5.59. The summed E-state index contributed by atoms with van der Waals surface area (Å²) in [6.45, 7) is 5.70. The number of ether oxygens (including phenoxy) is 2. The first-order chi connectivity index (χ1) is 15.4. The van der Waals surface area contributed by atoms with Crippen LogP contribution in [0.4, 0.5) is 5.69 Å². The summed E-state index contributed by atoms with van der Waals surface area (Å²) in [7, 11) is -2.08. The van der Waals surface area contributed by atoms with Gasteiger partial charge in [-0.15, -0.1) is 0 Å². The van der Waals surface area contributed by atoms with E-state index in [-0.39, 0.29) is 10.8 Å². The zero-order chi connectivity index (χ0) is 22.7. The zero-order valence-electron chi connectivity index (χ0n) is 18.5. The minimum atomic E-state index is -3.71. The summed E-state index contributed by atoms with van der Waals surface area (Å²) in [5, 5.41) is 0. The highest BCUT2D eigenvalue weighted by Gasteiger charge is 2.30. The van der Waals surface area contributed by atoms with E-state index in [0.29, 0.717) is 58.0 Å². The number of aryl methyl sites for hydroxylation is 1. The monoisotopic (exact) mass is 459 g/mol. The lowest BCUT2D eigenvalue weighted by Crippen LogP contribution is -2.48. The molecule has 0 radical (unpaired) electrons. The van der Waals surface area contributed by atoms with Crippen LogP contribution in [0.3, 0.4) is 0 Å². The van der Waals surface area contributed by atoms with Gasteiger partial charge in [0.05, 0.1) is 30.9 Å². The fourth-order valence-electron chi connectivity index (χ4n) is 4.14. The number of anilines is 1. The van der Waals surface area contributed by atoms with Crippen LogP contribution in [0.15, 0.2) is 47.4 Å². The lowest BCUT2D eigenvalue weighted by Gasteiger charge is -2.36. The minimum absolute atomic E-state index is 0.149. The van der Waals surface area contributed by atoms with Crippen LogP contribution < -0.4 is 9.64 Å². The van der Waals surface area contributed by atoms with E-state index in [2.05, 4.69) is 4.90 Å². The molecule has 1 amide bonds. The Morgan fingerprint density at radius 3 is 2.34 bits per heavy atom. The Balaban J connectivity index is 1.51. The second-order valence-corrected chi connectivity index (χ2v) is 9.88. The fraction of sp³-hybridized carbons (Fsp3) is 0.435. The Labute approximate surface area is 189 Å². The van der Waals surface area contributed by atoms with Crippen molar-refractivity contribution in [2.75, 3.05) is 64.5 Å². The van der Waals surface area contributed by atoms with Crippen LogP contribution in [0.2, 0.25) is 0 Å². The third-order valence-corrected chi connectivity index (χ3v) is 7.93. The number of carbonyl (C=O) groups is 1. The summed E-state index contributed by atoms with van der Waals surface area (Å²) in [4.78, 5) is 17.0. The Morgan fingerprint density at radius 1 is 0.969 bits per heavy atom. The molecular weight excluding hydrogens is 430 g/mol. The maximum absolute atomic E-state index is 13.4. The van der Waals surface area contributed by atoms with Crippen molar-refractivity contribution >= 4 is 21.6 Å². The number of carbonyl (C=O) groups excluding carboxylic acids is 1. The van der Waals surface area contributed by atoms with Gasteiger partial charge in [-0.05, 0) is 36.8 Å². The average Bonchev–Trinajstić information content (AvgIpc) is 2.84. The highest BCUT2D eigenvalue weighted by molar-refractivity contribution is 7.89. The van der Waals surface area contributed by atoms with E-state index in [0.717, 1.165) is 17.0 Å². The molecule has 0 N–H and O–H groups in total. The SMILES string of the molecule is COc1ccccc1N1CCN(S(=O)(=O)c2ccc(C)c(C(=O)N3CCOCC3)c2)CC1. The summed E-state index contributed by atoms with van der Waals surface area (Å²) in [6.07, 6.45) is 0. The number of morpholine rings is 1. The van der Waals surface area contributed by atoms with E-state index in [1.54, 1.807) is 24.1 Å². The van der Waals surface area contributed by atoms with Crippen LogP contribution in [0.5, 0.6) is 5.75 Å². The van der Waals surface area contributed by atoms with E-state index in [4.69, 9.17) is 9.47 Å². The quantitative estimate of drug-likeness (QED) is 0.681. The van der Waals surface area contributed by atoms with Gasteiger partial charge in [0.1, 0.15) is 5.75 Å². The van der Waals surface area contributed by atoms with E-state index in [9.17, 15) is 13.2 Å². The molecule has 2 heterocycles. The Kier molecular flexibility index (Phi) is 6.68. The first-order valence-electron chi connectivity index (χ1n) is 10.8. The summed E-state index contributed by atoms with van der Waals surface area (Å²) in [5.41, 5.74) is 2.16. The Hall–Kier alpha value is -2.62. The van der Waals surface area contributed by atoms with Crippen molar-refractivity contribution in [3.05, 3.63) is 53.6 Å². The van der Waals surface area contributed by atoms with Gasteiger partial charge in [-0.2, -0.15) is 4.31 Å². The second kappa shape index (κ2) is 9.48. The maximum Gasteiger partial charge on any atom is 0.254 e. The van der Waals surface area contributed by atoms with Gasteiger partial charge in [-0.25, -0.2) is 8.42 Å². The van der Waals surface area contributed by atoms with Gasteiger partial charge in [-0.1, -0.05) is 18.2 Å². The topological polar surface area (TPSA) is 79.4 Å². The molecule has 9 heteroatoms. The van der Waals surface area contributed by atoms with Gasteiger partial charge in [0.2, 0.25) is 10.0 Å². The highest BCUT2D eigenvalue weighted by atomic mass is 32.2. The summed E-state index contributed by atoms with van der Waals surface area (Å²) in [6, 6.07) is 12.6. The molecule has 2 aliphatic heterocycles. The Morgan fingerprint density at radius 2 is 1.66 bits per heavy atom. The number of rotatable bonds is 5. The predicted molar refractivity (Wildman–Crippen MR) is 122 cm³/mol. The number of piperazine rings is 1. The smallest absolute Gasteiger partial charge is 0.254 e. The molecule has 32 heavy (non-hydrogen) atoms. The van der Waals surface area contributed by atoms with Crippen LogP contribution in [-0.2, 0) is 14.8 Å². The number of hydrogen-bond donors (Lipinski definition) is 0. The van der Waals surface area contributed by atoms with Gasteiger partial charge in [0, 0.05) is 44.8 Å². The van der Waals surface area contributed by atoms with E-state index in [1.165, 1.54) is 10.4 Å². The van der Waals surface area contributed by atoms with Crippen LogP contribution in [0, 0.1) is 6.92 Å². The number of para-hydroxylation sites is 2.